The quantitative estimate of drug-likeness (QED) is 0.388. The number of hydrogen-bond acceptors (Lipinski definition) is 5. The number of para-hydroxylation sites is 1. The summed E-state index contributed by atoms with van der Waals surface area (Å²) in [5, 5.41) is 2.99. The van der Waals surface area contributed by atoms with Crippen molar-refractivity contribution in [2.75, 3.05) is 12.4 Å². The highest BCUT2D eigenvalue weighted by molar-refractivity contribution is 6.15. The van der Waals surface area contributed by atoms with Crippen molar-refractivity contribution in [2.45, 2.75) is 26.9 Å². The number of methoxy groups -OCH3 is 1. The van der Waals surface area contributed by atoms with E-state index in [1.807, 2.05) is 30.3 Å². The van der Waals surface area contributed by atoms with E-state index in [0.717, 1.165) is 5.69 Å². The van der Waals surface area contributed by atoms with Gasteiger partial charge in [0.25, 0.3) is 0 Å². The van der Waals surface area contributed by atoms with Crippen molar-refractivity contribution in [1.29, 1.82) is 0 Å². The molecule has 0 radical (unpaired) electrons. The highest BCUT2D eigenvalue weighted by Crippen LogP contribution is 2.14. The zero-order chi connectivity index (χ0) is 15.1. The number of ether oxygens (including phenoxy) is 2. The van der Waals surface area contributed by atoms with Gasteiger partial charge >= 0.3 is 11.9 Å². The van der Waals surface area contributed by atoms with E-state index >= 15 is 0 Å². The third-order valence-electron chi connectivity index (χ3n) is 2.42. The molecule has 0 saturated heterocycles. The fourth-order valence-corrected chi connectivity index (χ4v) is 1.57. The first-order valence-electron chi connectivity index (χ1n) is 6.28. The fourth-order valence-electron chi connectivity index (χ4n) is 1.57. The minimum absolute atomic E-state index is 0.134. The standard InChI is InChI=1S/C15H19NO4/c1-10(2)20-15(18)13(14(17)19-4)11(3)16-12-8-6-5-7-9-12/h5-10,16H,1-4H3/b13-11+. The minimum atomic E-state index is -0.725. The number of carbonyl (C=O) groups is 2. The molecule has 0 spiro atoms. The van der Waals surface area contributed by atoms with E-state index in [1.54, 1.807) is 20.8 Å². The van der Waals surface area contributed by atoms with Crippen molar-refractivity contribution in [2.24, 2.45) is 0 Å². The van der Waals surface area contributed by atoms with E-state index in [1.165, 1.54) is 7.11 Å². The maximum absolute atomic E-state index is 12.0. The fraction of sp³-hybridized carbons (Fsp3) is 0.333. The van der Waals surface area contributed by atoms with Crippen LogP contribution in [0.4, 0.5) is 5.69 Å². The first kappa shape index (κ1) is 15.8. The lowest BCUT2D eigenvalue weighted by atomic mass is 10.2. The molecule has 0 heterocycles. The van der Waals surface area contributed by atoms with Gasteiger partial charge in [-0.3, -0.25) is 0 Å². The van der Waals surface area contributed by atoms with Gasteiger partial charge < -0.3 is 14.8 Å². The van der Waals surface area contributed by atoms with Crippen LogP contribution in [-0.4, -0.2) is 25.2 Å². The first-order valence-corrected chi connectivity index (χ1v) is 6.28. The molecule has 0 aliphatic heterocycles. The number of nitrogens with one attached hydrogen (secondary N) is 1. The molecule has 0 unspecified atom stereocenters. The van der Waals surface area contributed by atoms with Gasteiger partial charge in [-0.05, 0) is 32.9 Å². The Balaban J connectivity index is 3.04. The number of esters is 2. The number of rotatable bonds is 5. The first-order chi connectivity index (χ1) is 9.45. The van der Waals surface area contributed by atoms with Crippen molar-refractivity contribution >= 4 is 17.6 Å². The van der Waals surface area contributed by atoms with Crippen LogP contribution in [0.5, 0.6) is 0 Å². The molecule has 0 aliphatic rings. The molecular weight excluding hydrogens is 258 g/mol. The molecule has 0 aromatic heterocycles. The van der Waals surface area contributed by atoms with Crippen LogP contribution in [0.15, 0.2) is 41.6 Å². The van der Waals surface area contributed by atoms with Gasteiger partial charge in [0, 0.05) is 11.4 Å². The number of carbonyl (C=O) groups excluding carboxylic acids is 2. The average molecular weight is 277 g/mol. The predicted octanol–water partition coefficient (Wildman–Crippen LogP) is 2.50. The second-order valence-corrected chi connectivity index (χ2v) is 4.44. The summed E-state index contributed by atoms with van der Waals surface area (Å²) in [6.45, 7) is 5.06. The maximum Gasteiger partial charge on any atom is 0.347 e. The Labute approximate surface area is 118 Å². The van der Waals surface area contributed by atoms with E-state index in [2.05, 4.69) is 10.1 Å². The summed E-state index contributed by atoms with van der Waals surface area (Å²) in [4.78, 5) is 23.7. The average Bonchev–Trinajstić information content (AvgIpc) is 2.38. The second kappa shape index (κ2) is 7.33. The Morgan fingerprint density at radius 1 is 1.10 bits per heavy atom. The van der Waals surface area contributed by atoms with E-state index in [-0.39, 0.29) is 11.7 Å². The van der Waals surface area contributed by atoms with Crippen molar-refractivity contribution in [1.82, 2.24) is 0 Å². The van der Waals surface area contributed by atoms with Gasteiger partial charge in [-0.1, -0.05) is 18.2 Å². The Hall–Kier alpha value is -2.30. The van der Waals surface area contributed by atoms with Crippen LogP contribution < -0.4 is 5.32 Å². The summed E-state index contributed by atoms with van der Waals surface area (Å²) in [5.74, 6) is -1.43. The molecule has 108 valence electrons. The number of benzene rings is 1. The highest BCUT2D eigenvalue weighted by Gasteiger charge is 2.24. The van der Waals surface area contributed by atoms with Crippen molar-refractivity contribution < 1.29 is 19.1 Å². The van der Waals surface area contributed by atoms with Crippen LogP contribution in [0.1, 0.15) is 20.8 Å². The van der Waals surface area contributed by atoms with Gasteiger partial charge in [-0.25, -0.2) is 9.59 Å². The van der Waals surface area contributed by atoms with Gasteiger partial charge in [0.1, 0.15) is 0 Å². The van der Waals surface area contributed by atoms with Gasteiger partial charge in [0.15, 0.2) is 5.57 Å². The van der Waals surface area contributed by atoms with Crippen molar-refractivity contribution in [3.05, 3.63) is 41.6 Å². The topological polar surface area (TPSA) is 64.6 Å². The summed E-state index contributed by atoms with van der Waals surface area (Å²) in [5.41, 5.74) is 1.02. The van der Waals surface area contributed by atoms with E-state index in [0.29, 0.717) is 5.70 Å². The largest absolute Gasteiger partial charge is 0.465 e. The van der Waals surface area contributed by atoms with Crippen LogP contribution in [-0.2, 0) is 19.1 Å². The summed E-state index contributed by atoms with van der Waals surface area (Å²) < 4.78 is 9.69. The molecule has 0 fully saturated rings. The molecule has 1 aromatic carbocycles. The summed E-state index contributed by atoms with van der Waals surface area (Å²) in [7, 11) is 1.22. The van der Waals surface area contributed by atoms with Crippen LogP contribution >= 0.6 is 0 Å². The number of anilines is 1. The van der Waals surface area contributed by atoms with Crippen molar-refractivity contribution in [3.63, 3.8) is 0 Å². The molecule has 0 amide bonds. The summed E-state index contributed by atoms with van der Waals surface area (Å²) in [6, 6.07) is 9.22. The summed E-state index contributed by atoms with van der Waals surface area (Å²) >= 11 is 0. The Bertz CT molecular complexity index is 506. The van der Waals surface area contributed by atoms with Crippen LogP contribution in [0.25, 0.3) is 0 Å². The smallest absolute Gasteiger partial charge is 0.347 e. The van der Waals surface area contributed by atoms with Gasteiger partial charge in [-0.2, -0.15) is 0 Å². The Kier molecular flexibility index (Phi) is 5.77. The monoisotopic (exact) mass is 277 g/mol. The molecule has 1 N–H and O–H groups in total. The van der Waals surface area contributed by atoms with Crippen molar-refractivity contribution in [3.8, 4) is 0 Å². The molecule has 1 aromatic rings. The summed E-state index contributed by atoms with van der Waals surface area (Å²) in [6.07, 6.45) is -0.313. The van der Waals surface area contributed by atoms with Crippen LogP contribution in [0.3, 0.4) is 0 Å². The molecule has 5 nitrogen and oxygen atoms in total. The molecule has 0 aliphatic carbocycles. The number of allylic oxidation sites excluding steroid dienone is 1. The van der Waals surface area contributed by atoms with E-state index < -0.39 is 11.9 Å². The molecule has 20 heavy (non-hydrogen) atoms. The minimum Gasteiger partial charge on any atom is -0.465 e. The third-order valence-corrected chi connectivity index (χ3v) is 2.42. The Morgan fingerprint density at radius 2 is 1.70 bits per heavy atom. The molecule has 0 bridgehead atoms. The molecule has 0 saturated carbocycles. The van der Waals surface area contributed by atoms with E-state index in [9.17, 15) is 9.59 Å². The maximum atomic E-state index is 12.0. The molecule has 1 rings (SSSR count). The highest BCUT2D eigenvalue weighted by atomic mass is 16.6. The second-order valence-electron chi connectivity index (χ2n) is 4.44. The van der Waals surface area contributed by atoms with Gasteiger partial charge in [0.05, 0.1) is 13.2 Å². The van der Waals surface area contributed by atoms with Crippen LogP contribution in [0.2, 0.25) is 0 Å². The lowest BCUT2D eigenvalue weighted by Gasteiger charge is -2.13. The van der Waals surface area contributed by atoms with E-state index in [4.69, 9.17) is 4.74 Å². The SMILES string of the molecule is COC(=O)/C(C(=O)OC(C)C)=C(/C)Nc1ccccc1. The molecule has 5 heteroatoms. The lowest BCUT2D eigenvalue weighted by molar-refractivity contribution is -0.148. The van der Waals surface area contributed by atoms with Crippen LogP contribution in [0, 0.1) is 0 Å². The predicted molar refractivity (Wildman–Crippen MR) is 76.0 cm³/mol. The number of hydrogen-bond donors (Lipinski definition) is 1. The zero-order valence-corrected chi connectivity index (χ0v) is 12.1. The Morgan fingerprint density at radius 3 is 2.20 bits per heavy atom. The zero-order valence-electron chi connectivity index (χ0n) is 12.1. The normalized spacial score (nSPS) is 11.7. The molecule has 0 atom stereocenters. The van der Waals surface area contributed by atoms with Gasteiger partial charge in [-0.15, -0.1) is 0 Å². The van der Waals surface area contributed by atoms with Gasteiger partial charge in [0.2, 0.25) is 0 Å². The lowest BCUT2D eigenvalue weighted by Crippen LogP contribution is -2.23. The molecular formula is C15H19NO4. The third kappa shape index (κ3) is 4.42.